The highest BCUT2D eigenvalue weighted by molar-refractivity contribution is 7.16. The van der Waals surface area contributed by atoms with Crippen molar-refractivity contribution in [3.63, 3.8) is 0 Å². The zero-order valence-electron chi connectivity index (χ0n) is 19.1. The molecule has 0 aliphatic carbocycles. The van der Waals surface area contributed by atoms with Crippen LogP contribution in [0.1, 0.15) is 57.5 Å². The number of halogens is 3. The number of hydrogen-bond donors (Lipinski definition) is 0. The first-order chi connectivity index (χ1) is 16.2. The Labute approximate surface area is 200 Å². The average Bonchev–Trinajstić information content (AvgIpc) is 3.48. The van der Waals surface area contributed by atoms with E-state index in [1.165, 1.54) is 22.3 Å². The van der Waals surface area contributed by atoms with Crippen molar-refractivity contribution in [2.45, 2.75) is 45.5 Å². The first-order valence-electron chi connectivity index (χ1n) is 11.4. The molecule has 2 aromatic heterocycles. The number of benzene rings is 1. The van der Waals surface area contributed by atoms with E-state index < -0.39 is 11.7 Å². The fourth-order valence-corrected chi connectivity index (χ4v) is 5.91. The molecule has 0 saturated carbocycles. The maximum absolute atomic E-state index is 14.0. The number of thiophene rings is 1. The van der Waals surface area contributed by atoms with Gasteiger partial charge < -0.3 is 4.57 Å². The lowest BCUT2D eigenvalue weighted by atomic mass is 9.96. The molecule has 2 aliphatic rings. The molecule has 5 rings (SSSR count). The van der Waals surface area contributed by atoms with E-state index in [4.69, 9.17) is 0 Å². The van der Waals surface area contributed by atoms with Gasteiger partial charge in [-0.3, -0.25) is 14.6 Å². The second-order valence-corrected chi connectivity index (χ2v) is 10.5. The summed E-state index contributed by atoms with van der Waals surface area (Å²) in [5.74, 6) is 0.929. The highest BCUT2D eigenvalue weighted by Crippen LogP contribution is 2.41. The van der Waals surface area contributed by atoms with Gasteiger partial charge in [-0.15, -0.1) is 21.5 Å². The number of hydrogen-bond acceptors (Lipinski definition) is 5. The lowest BCUT2D eigenvalue weighted by molar-refractivity contribution is -0.138. The average molecular weight is 490 g/mol. The quantitative estimate of drug-likeness (QED) is 0.513. The number of anilines is 1. The number of aromatic nitrogens is 3. The van der Waals surface area contributed by atoms with Crippen molar-refractivity contribution in [2.24, 2.45) is 13.0 Å². The van der Waals surface area contributed by atoms with Gasteiger partial charge in [0.2, 0.25) is 0 Å². The number of aryl methyl sites for hydroxylation is 1. The maximum atomic E-state index is 14.0. The van der Waals surface area contributed by atoms with Crippen LogP contribution in [-0.2, 0) is 32.7 Å². The van der Waals surface area contributed by atoms with Gasteiger partial charge in [0, 0.05) is 37.0 Å². The minimum atomic E-state index is -4.52. The van der Waals surface area contributed by atoms with E-state index in [9.17, 15) is 18.0 Å². The van der Waals surface area contributed by atoms with E-state index in [1.54, 1.807) is 18.5 Å². The number of piperidine rings is 1. The number of carbonyl (C=O) groups is 1. The van der Waals surface area contributed by atoms with Crippen LogP contribution in [0.2, 0.25) is 0 Å². The lowest BCUT2D eigenvalue weighted by Crippen LogP contribution is -2.33. The molecule has 0 unspecified atom stereocenters. The van der Waals surface area contributed by atoms with Crippen molar-refractivity contribution in [2.75, 3.05) is 18.0 Å². The molecule has 2 aliphatic heterocycles. The van der Waals surface area contributed by atoms with Crippen LogP contribution in [0.4, 0.5) is 18.2 Å². The van der Waals surface area contributed by atoms with Crippen LogP contribution >= 0.6 is 11.3 Å². The molecule has 0 radical (unpaired) electrons. The smallest absolute Gasteiger partial charge is 0.320 e. The van der Waals surface area contributed by atoms with Gasteiger partial charge in [-0.25, -0.2) is 0 Å². The van der Waals surface area contributed by atoms with Crippen LogP contribution in [0.25, 0.3) is 0 Å². The first kappa shape index (κ1) is 23.0. The summed E-state index contributed by atoms with van der Waals surface area (Å²) in [6, 6.07) is 6.59. The summed E-state index contributed by atoms with van der Waals surface area (Å²) in [5.41, 5.74) is 0.0796. The summed E-state index contributed by atoms with van der Waals surface area (Å²) in [7, 11) is 1.85. The van der Waals surface area contributed by atoms with Crippen LogP contribution in [-0.4, -0.2) is 38.7 Å². The van der Waals surface area contributed by atoms with Gasteiger partial charge in [0.05, 0.1) is 17.1 Å². The standard InChI is InChI=1S/C24H26F3N5OS/c1-15-4-3-7-31(11-15)12-16-8-18-19(20(9-16)24(25,26)27)13-32(23(18)33)22-6-5-17(34-22)10-21-29-28-14-30(21)2/h5-6,8-9,14-15H,3-4,7,10-13H2,1-2H3/t15-/m0/s1. The highest BCUT2D eigenvalue weighted by Gasteiger charge is 2.41. The molecule has 10 heteroatoms. The van der Waals surface area contributed by atoms with Crippen molar-refractivity contribution in [3.8, 4) is 0 Å². The minimum Gasteiger partial charge on any atom is -0.320 e. The number of rotatable bonds is 5. The van der Waals surface area contributed by atoms with Gasteiger partial charge in [0.15, 0.2) is 0 Å². The number of nitrogens with zero attached hydrogens (tertiary/aromatic N) is 5. The van der Waals surface area contributed by atoms with E-state index >= 15 is 0 Å². The molecule has 1 atom stereocenters. The molecule has 4 heterocycles. The number of likely N-dealkylation sites (tertiary alicyclic amines) is 1. The fraction of sp³-hybridized carbons (Fsp3) is 0.458. The van der Waals surface area contributed by atoms with Crippen LogP contribution in [0.15, 0.2) is 30.6 Å². The van der Waals surface area contributed by atoms with E-state index in [1.807, 2.05) is 17.7 Å². The predicted octanol–water partition coefficient (Wildman–Crippen LogP) is 4.88. The number of alkyl halides is 3. The number of fused-ring (bicyclic) bond motifs is 1. The molecule has 3 aromatic rings. The summed E-state index contributed by atoms with van der Waals surface area (Å²) >= 11 is 1.39. The third kappa shape index (κ3) is 4.48. The molecule has 0 N–H and O–H groups in total. The van der Waals surface area contributed by atoms with Crippen molar-refractivity contribution in [1.82, 2.24) is 19.7 Å². The molecule has 0 spiro atoms. The summed E-state index contributed by atoms with van der Waals surface area (Å²) in [4.78, 5) is 17.9. The molecular formula is C24H26F3N5OS. The van der Waals surface area contributed by atoms with Gasteiger partial charge >= 0.3 is 6.18 Å². The summed E-state index contributed by atoms with van der Waals surface area (Å²) < 4.78 is 43.9. The summed E-state index contributed by atoms with van der Waals surface area (Å²) in [5, 5.41) is 8.58. The Morgan fingerprint density at radius 2 is 2.06 bits per heavy atom. The van der Waals surface area contributed by atoms with Gasteiger partial charge in [-0.1, -0.05) is 6.92 Å². The Bertz CT molecular complexity index is 1220. The summed E-state index contributed by atoms with van der Waals surface area (Å²) in [6.45, 7) is 4.24. The molecule has 1 fully saturated rings. The third-order valence-electron chi connectivity index (χ3n) is 6.61. The van der Waals surface area contributed by atoms with Crippen LogP contribution in [0.3, 0.4) is 0 Å². The predicted molar refractivity (Wildman–Crippen MR) is 124 cm³/mol. The Balaban J connectivity index is 1.42. The topological polar surface area (TPSA) is 54.3 Å². The second-order valence-electron chi connectivity index (χ2n) is 9.32. The van der Waals surface area contributed by atoms with Crippen molar-refractivity contribution < 1.29 is 18.0 Å². The molecule has 180 valence electrons. The zero-order chi connectivity index (χ0) is 24.0. The second kappa shape index (κ2) is 8.81. The SMILES string of the molecule is C[C@H]1CCCN(Cc2cc3c(c(C(F)(F)F)c2)CN(c2ccc(Cc4nncn4C)s2)C3=O)C1. The highest BCUT2D eigenvalue weighted by atomic mass is 32.1. The number of carbonyl (C=O) groups excluding carboxylic acids is 1. The monoisotopic (exact) mass is 489 g/mol. The molecule has 6 nitrogen and oxygen atoms in total. The van der Waals surface area contributed by atoms with E-state index in [2.05, 4.69) is 22.0 Å². The largest absolute Gasteiger partial charge is 0.416 e. The molecule has 1 amide bonds. The Hall–Kier alpha value is -2.72. The molecule has 34 heavy (non-hydrogen) atoms. The van der Waals surface area contributed by atoms with Crippen LogP contribution < -0.4 is 4.90 Å². The summed E-state index contributed by atoms with van der Waals surface area (Å²) in [6.07, 6.45) is -0.174. The third-order valence-corrected chi connectivity index (χ3v) is 7.71. The van der Waals surface area contributed by atoms with Crippen LogP contribution in [0, 0.1) is 5.92 Å². The van der Waals surface area contributed by atoms with Crippen molar-refractivity contribution in [1.29, 1.82) is 0 Å². The lowest BCUT2D eigenvalue weighted by Gasteiger charge is -2.31. The van der Waals surface area contributed by atoms with Gasteiger partial charge in [0.1, 0.15) is 12.2 Å². The first-order valence-corrected chi connectivity index (χ1v) is 12.2. The van der Waals surface area contributed by atoms with Crippen molar-refractivity contribution >= 4 is 22.2 Å². The van der Waals surface area contributed by atoms with Gasteiger partial charge in [0.25, 0.3) is 5.91 Å². The van der Waals surface area contributed by atoms with E-state index in [0.29, 0.717) is 29.4 Å². The molecule has 1 aromatic carbocycles. The normalized spacial score (nSPS) is 19.1. The van der Waals surface area contributed by atoms with E-state index in [0.717, 1.165) is 36.6 Å². The molecular weight excluding hydrogens is 463 g/mol. The Kier molecular flexibility index (Phi) is 5.97. The maximum Gasteiger partial charge on any atom is 0.416 e. The van der Waals surface area contributed by atoms with Crippen molar-refractivity contribution in [3.05, 3.63) is 63.5 Å². The molecule has 0 bridgehead atoms. The zero-order valence-corrected chi connectivity index (χ0v) is 19.9. The van der Waals surface area contributed by atoms with E-state index in [-0.39, 0.29) is 23.6 Å². The number of amides is 1. The Morgan fingerprint density at radius 1 is 1.24 bits per heavy atom. The van der Waals surface area contributed by atoms with Gasteiger partial charge in [-0.05, 0) is 60.7 Å². The molecule has 1 saturated heterocycles. The van der Waals surface area contributed by atoms with Crippen LogP contribution in [0.5, 0.6) is 0 Å². The minimum absolute atomic E-state index is 0.0662. The Morgan fingerprint density at radius 3 is 2.76 bits per heavy atom. The van der Waals surface area contributed by atoms with Gasteiger partial charge in [-0.2, -0.15) is 13.2 Å². The fourth-order valence-electron chi connectivity index (χ4n) is 4.91.